The second-order valence-corrected chi connectivity index (χ2v) is 6.58. The fourth-order valence-electron chi connectivity index (χ4n) is 2.80. The van der Waals surface area contributed by atoms with E-state index in [1.54, 1.807) is 12.4 Å². The quantitative estimate of drug-likeness (QED) is 0.674. The van der Waals surface area contributed by atoms with E-state index in [0.29, 0.717) is 12.2 Å². The molecule has 0 unspecified atom stereocenters. The van der Waals surface area contributed by atoms with Crippen molar-refractivity contribution in [3.8, 4) is 0 Å². The van der Waals surface area contributed by atoms with Crippen LogP contribution < -0.4 is 5.32 Å². The van der Waals surface area contributed by atoms with Gasteiger partial charge in [0, 0.05) is 36.3 Å². The van der Waals surface area contributed by atoms with E-state index in [-0.39, 0.29) is 17.2 Å². The van der Waals surface area contributed by atoms with Gasteiger partial charge in [-0.05, 0) is 12.1 Å². The summed E-state index contributed by atoms with van der Waals surface area (Å²) in [4.78, 5) is 20.3. The van der Waals surface area contributed by atoms with Gasteiger partial charge in [0.2, 0.25) is 0 Å². The van der Waals surface area contributed by atoms with Crippen LogP contribution in [0.4, 0.5) is 13.2 Å². The van der Waals surface area contributed by atoms with E-state index in [2.05, 4.69) is 20.2 Å². The predicted molar refractivity (Wildman–Crippen MR) is 94.5 cm³/mol. The number of imidazole rings is 1. The largest absolute Gasteiger partial charge is 0.412 e. The van der Waals surface area contributed by atoms with Gasteiger partial charge in [0.1, 0.15) is 11.5 Å². The van der Waals surface area contributed by atoms with E-state index in [0.717, 1.165) is 12.0 Å². The molecular formula is C18H19F3N6O. The second kappa shape index (κ2) is 7.83. The number of pyridine rings is 1. The Morgan fingerprint density at radius 2 is 2.11 bits per heavy atom. The van der Waals surface area contributed by atoms with Gasteiger partial charge in [-0.25, -0.2) is 4.98 Å². The first kappa shape index (κ1) is 19.6. The van der Waals surface area contributed by atoms with Gasteiger partial charge < -0.3 is 9.88 Å². The Bertz CT molecular complexity index is 932. The smallest absolute Gasteiger partial charge is 0.335 e. The molecule has 1 atom stereocenters. The summed E-state index contributed by atoms with van der Waals surface area (Å²) in [6.07, 6.45) is 1.22. The lowest BCUT2D eigenvalue weighted by atomic mass is 10.1. The number of amides is 1. The minimum atomic E-state index is -4.67. The van der Waals surface area contributed by atoms with Crippen molar-refractivity contribution < 1.29 is 18.0 Å². The number of hydrogen-bond acceptors (Lipinski definition) is 4. The number of aromatic nitrogens is 5. The average Bonchev–Trinajstić information content (AvgIpc) is 3.29. The Kier molecular flexibility index (Phi) is 5.48. The van der Waals surface area contributed by atoms with Gasteiger partial charge in [0.05, 0.1) is 12.2 Å². The number of nitrogens with one attached hydrogen (secondary N) is 2. The lowest BCUT2D eigenvalue weighted by Crippen LogP contribution is -2.38. The van der Waals surface area contributed by atoms with Crippen LogP contribution in [0.3, 0.4) is 0 Å². The van der Waals surface area contributed by atoms with Gasteiger partial charge in [-0.1, -0.05) is 19.9 Å². The van der Waals surface area contributed by atoms with Crippen molar-refractivity contribution in [3.05, 3.63) is 65.8 Å². The fraction of sp³-hybridized carbons (Fsp3) is 0.333. The van der Waals surface area contributed by atoms with E-state index in [1.807, 2.05) is 23.7 Å². The van der Waals surface area contributed by atoms with Crippen molar-refractivity contribution in [2.24, 2.45) is 0 Å². The first-order valence-electron chi connectivity index (χ1n) is 8.58. The van der Waals surface area contributed by atoms with E-state index < -0.39 is 18.1 Å². The van der Waals surface area contributed by atoms with Gasteiger partial charge in [-0.2, -0.15) is 18.3 Å². The zero-order chi connectivity index (χ0) is 20.3. The molecule has 2 N–H and O–H groups in total. The van der Waals surface area contributed by atoms with Gasteiger partial charge in [0.25, 0.3) is 5.91 Å². The van der Waals surface area contributed by atoms with E-state index in [1.165, 1.54) is 24.4 Å². The molecule has 0 fully saturated rings. The molecule has 0 aromatic carbocycles. The topological polar surface area (TPSA) is 88.5 Å². The number of carbonyl (C=O) groups excluding carboxylic acids is 1. The first-order valence-corrected chi connectivity index (χ1v) is 8.58. The molecular weight excluding hydrogens is 373 g/mol. The third kappa shape index (κ3) is 4.38. The van der Waals surface area contributed by atoms with Crippen LogP contribution >= 0.6 is 0 Å². The summed E-state index contributed by atoms with van der Waals surface area (Å²) >= 11 is 0. The van der Waals surface area contributed by atoms with Gasteiger partial charge in [-0.3, -0.25) is 14.9 Å². The maximum Gasteiger partial charge on any atom is 0.412 e. The maximum atomic E-state index is 13.4. The SMILES string of the molecule is CC(C)c1nccn1Cc1cc(C(=O)N[C@H](c2cccnc2)C(F)(F)F)n[nH]1. The van der Waals surface area contributed by atoms with Crippen LogP contribution in [-0.4, -0.2) is 36.8 Å². The van der Waals surface area contributed by atoms with Gasteiger partial charge >= 0.3 is 6.18 Å². The van der Waals surface area contributed by atoms with Crippen LogP contribution in [-0.2, 0) is 6.54 Å². The summed E-state index contributed by atoms with van der Waals surface area (Å²) in [7, 11) is 0. The first-order chi connectivity index (χ1) is 13.3. The minimum Gasteiger partial charge on any atom is -0.335 e. The van der Waals surface area contributed by atoms with Gasteiger partial charge in [0.15, 0.2) is 6.04 Å². The number of carbonyl (C=O) groups is 1. The molecule has 0 bridgehead atoms. The number of H-pyrrole nitrogens is 1. The van der Waals surface area contributed by atoms with Crippen molar-refractivity contribution in [2.75, 3.05) is 0 Å². The Hall–Kier alpha value is -3.17. The van der Waals surface area contributed by atoms with E-state index >= 15 is 0 Å². The molecule has 0 saturated carbocycles. The minimum absolute atomic E-state index is 0.126. The molecule has 0 aliphatic rings. The summed E-state index contributed by atoms with van der Waals surface area (Å²) in [5.74, 6) is 0.130. The molecule has 0 spiro atoms. The number of rotatable bonds is 6. The highest BCUT2D eigenvalue weighted by Crippen LogP contribution is 2.32. The van der Waals surface area contributed by atoms with Crippen molar-refractivity contribution in [3.63, 3.8) is 0 Å². The second-order valence-electron chi connectivity index (χ2n) is 6.58. The van der Waals surface area contributed by atoms with E-state index in [9.17, 15) is 18.0 Å². The number of alkyl halides is 3. The van der Waals surface area contributed by atoms with Gasteiger partial charge in [-0.15, -0.1) is 0 Å². The van der Waals surface area contributed by atoms with Crippen molar-refractivity contribution in [1.82, 2.24) is 30.0 Å². The molecule has 0 aliphatic heterocycles. The normalized spacial score (nSPS) is 12.9. The molecule has 3 aromatic heterocycles. The average molecular weight is 392 g/mol. The standard InChI is InChI=1S/C18H19F3N6O/c1-11(2)16-23-6-7-27(16)10-13-8-14(26-25-13)17(28)24-15(18(19,20)21)12-4-3-5-22-9-12/h3-9,11,15H,10H2,1-2H3,(H,24,28)(H,25,26)/t15-/m1/s1. The molecule has 0 aliphatic carbocycles. The summed E-state index contributed by atoms with van der Waals surface area (Å²) < 4.78 is 42.0. The highest BCUT2D eigenvalue weighted by Gasteiger charge is 2.42. The predicted octanol–water partition coefficient (Wildman–Crippen LogP) is 3.21. The van der Waals surface area contributed by atoms with Crippen LogP contribution in [0.25, 0.3) is 0 Å². The third-order valence-corrected chi connectivity index (χ3v) is 4.09. The molecule has 28 heavy (non-hydrogen) atoms. The monoisotopic (exact) mass is 392 g/mol. The number of aromatic amines is 1. The van der Waals surface area contributed by atoms with Crippen LogP contribution in [0.5, 0.6) is 0 Å². The Morgan fingerprint density at radius 1 is 1.32 bits per heavy atom. The van der Waals surface area contributed by atoms with Crippen molar-refractivity contribution >= 4 is 5.91 Å². The molecule has 1 amide bonds. The number of halogens is 3. The zero-order valence-electron chi connectivity index (χ0n) is 15.2. The maximum absolute atomic E-state index is 13.4. The lowest BCUT2D eigenvalue weighted by molar-refractivity contribution is -0.155. The zero-order valence-corrected chi connectivity index (χ0v) is 15.2. The van der Waals surface area contributed by atoms with Crippen LogP contribution in [0.2, 0.25) is 0 Å². The Labute approximate surface area is 159 Å². The molecule has 10 heteroatoms. The number of hydrogen-bond donors (Lipinski definition) is 2. The molecule has 148 valence electrons. The highest BCUT2D eigenvalue weighted by molar-refractivity contribution is 5.92. The fourth-order valence-corrected chi connectivity index (χ4v) is 2.80. The highest BCUT2D eigenvalue weighted by atomic mass is 19.4. The summed E-state index contributed by atoms with van der Waals surface area (Å²) in [5.41, 5.74) is 0.299. The molecule has 7 nitrogen and oxygen atoms in total. The molecule has 3 heterocycles. The summed E-state index contributed by atoms with van der Waals surface area (Å²) in [6.45, 7) is 4.37. The summed E-state index contributed by atoms with van der Waals surface area (Å²) in [6, 6.07) is 1.89. The summed E-state index contributed by atoms with van der Waals surface area (Å²) in [5, 5.41) is 8.52. The molecule has 3 aromatic rings. The lowest BCUT2D eigenvalue weighted by Gasteiger charge is -2.21. The van der Waals surface area contributed by atoms with Crippen LogP contribution in [0.15, 0.2) is 43.0 Å². The number of nitrogens with zero attached hydrogens (tertiary/aromatic N) is 4. The van der Waals surface area contributed by atoms with Crippen LogP contribution in [0, 0.1) is 0 Å². The van der Waals surface area contributed by atoms with E-state index in [4.69, 9.17) is 0 Å². The molecule has 0 saturated heterocycles. The molecule has 0 radical (unpaired) electrons. The third-order valence-electron chi connectivity index (χ3n) is 4.09. The Balaban J connectivity index is 1.75. The van der Waals surface area contributed by atoms with Crippen molar-refractivity contribution in [1.29, 1.82) is 0 Å². The van der Waals surface area contributed by atoms with Crippen LogP contribution in [0.1, 0.15) is 53.4 Å². The van der Waals surface area contributed by atoms with Crippen molar-refractivity contribution in [2.45, 2.75) is 38.5 Å². The Morgan fingerprint density at radius 3 is 2.75 bits per heavy atom. The molecule has 3 rings (SSSR count).